The third-order valence-electron chi connectivity index (χ3n) is 3.31. The van der Waals surface area contributed by atoms with E-state index in [0.29, 0.717) is 29.4 Å². The zero-order valence-electron chi connectivity index (χ0n) is 10.1. The van der Waals surface area contributed by atoms with Crippen molar-refractivity contribution >= 4 is 11.6 Å². The number of benzene rings is 2. The largest absolute Gasteiger partial charge is 0.384 e. The topological polar surface area (TPSA) is 29.5 Å². The SMILES string of the molecule is OC(c1ccc2c(c1)COC2)c1cc(F)ccc1Cl. The summed E-state index contributed by atoms with van der Waals surface area (Å²) in [5.74, 6) is -0.414. The van der Waals surface area contributed by atoms with Crippen LogP contribution < -0.4 is 0 Å². The van der Waals surface area contributed by atoms with Gasteiger partial charge in [-0.2, -0.15) is 0 Å². The summed E-state index contributed by atoms with van der Waals surface area (Å²) in [5.41, 5.74) is 3.25. The van der Waals surface area contributed by atoms with Gasteiger partial charge in [0.15, 0.2) is 0 Å². The van der Waals surface area contributed by atoms with Crippen molar-refractivity contribution in [1.82, 2.24) is 0 Å². The number of rotatable bonds is 2. The van der Waals surface area contributed by atoms with Crippen LogP contribution >= 0.6 is 11.6 Å². The third-order valence-corrected chi connectivity index (χ3v) is 3.66. The molecular weight excluding hydrogens is 267 g/mol. The van der Waals surface area contributed by atoms with Gasteiger partial charge in [-0.05, 0) is 34.9 Å². The Morgan fingerprint density at radius 2 is 1.89 bits per heavy atom. The normalized spacial score (nSPS) is 15.3. The maximum Gasteiger partial charge on any atom is 0.123 e. The molecule has 0 radical (unpaired) electrons. The summed E-state index contributed by atoms with van der Waals surface area (Å²) in [7, 11) is 0. The van der Waals surface area contributed by atoms with Crippen LogP contribution in [0.3, 0.4) is 0 Å². The van der Waals surface area contributed by atoms with Gasteiger partial charge in [0.2, 0.25) is 0 Å². The van der Waals surface area contributed by atoms with Crippen LogP contribution in [0.4, 0.5) is 4.39 Å². The molecule has 1 aliphatic rings. The predicted octanol–water partition coefficient (Wildman–Crippen LogP) is 3.59. The van der Waals surface area contributed by atoms with Gasteiger partial charge in [0, 0.05) is 10.6 Å². The first-order chi connectivity index (χ1) is 9.15. The van der Waals surface area contributed by atoms with Gasteiger partial charge in [-0.25, -0.2) is 4.39 Å². The Morgan fingerprint density at radius 1 is 1.11 bits per heavy atom. The lowest BCUT2D eigenvalue weighted by molar-refractivity contribution is 0.134. The molecule has 0 aliphatic carbocycles. The maximum absolute atomic E-state index is 13.3. The van der Waals surface area contributed by atoms with Crippen molar-refractivity contribution < 1.29 is 14.2 Å². The van der Waals surface area contributed by atoms with Crippen molar-refractivity contribution in [3.05, 3.63) is 69.5 Å². The van der Waals surface area contributed by atoms with E-state index in [1.165, 1.54) is 18.2 Å². The Bertz CT molecular complexity index is 628. The molecule has 0 bridgehead atoms. The molecule has 0 amide bonds. The highest BCUT2D eigenvalue weighted by Gasteiger charge is 2.18. The van der Waals surface area contributed by atoms with Gasteiger partial charge in [0.1, 0.15) is 11.9 Å². The van der Waals surface area contributed by atoms with Gasteiger partial charge in [0.05, 0.1) is 13.2 Å². The van der Waals surface area contributed by atoms with Crippen LogP contribution in [0.2, 0.25) is 5.02 Å². The molecule has 1 heterocycles. The average Bonchev–Trinajstić information content (AvgIpc) is 2.88. The standard InChI is InChI=1S/C15H12ClFO2/c16-14-4-3-12(17)6-13(14)15(18)9-1-2-10-7-19-8-11(10)5-9/h1-6,15,18H,7-8H2. The maximum atomic E-state index is 13.3. The highest BCUT2D eigenvalue weighted by molar-refractivity contribution is 6.31. The van der Waals surface area contributed by atoms with Crippen LogP contribution in [-0.2, 0) is 18.0 Å². The summed E-state index contributed by atoms with van der Waals surface area (Å²) in [6, 6.07) is 9.61. The molecule has 1 unspecified atom stereocenters. The molecule has 2 aromatic carbocycles. The molecule has 2 aromatic rings. The summed E-state index contributed by atoms with van der Waals surface area (Å²) in [5, 5.41) is 10.7. The highest BCUT2D eigenvalue weighted by atomic mass is 35.5. The molecule has 1 atom stereocenters. The fourth-order valence-corrected chi connectivity index (χ4v) is 2.49. The second-order valence-corrected chi connectivity index (χ2v) is 5.00. The number of aliphatic hydroxyl groups is 1. The minimum atomic E-state index is -0.936. The molecule has 1 N–H and O–H groups in total. The number of fused-ring (bicyclic) bond motifs is 1. The Labute approximate surface area is 115 Å². The minimum Gasteiger partial charge on any atom is -0.384 e. The fourth-order valence-electron chi connectivity index (χ4n) is 2.27. The van der Waals surface area contributed by atoms with Crippen LogP contribution in [0, 0.1) is 5.82 Å². The molecule has 0 fully saturated rings. The predicted molar refractivity (Wildman–Crippen MR) is 70.4 cm³/mol. The van der Waals surface area contributed by atoms with Crippen molar-refractivity contribution in [3.8, 4) is 0 Å². The second kappa shape index (κ2) is 4.93. The lowest BCUT2D eigenvalue weighted by atomic mass is 9.98. The van der Waals surface area contributed by atoms with Gasteiger partial charge in [-0.15, -0.1) is 0 Å². The van der Waals surface area contributed by atoms with Crippen molar-refractivity contribution in [2.75, 3.05) is 0 Å². The molecule has 3 rings (SSSR count). The molecule has 19 heavy (non-hydrogen) atoms. The van der Waals surface area contributed by atoms with Gasteiger partial charge in [0.25, 0.3) is 0 Å². The Kier molecular flexibility index (Phi) is 3.27. The van der Waals surface area contributed by atoms with Gasteiger partial charge in [-0.3, -0.25) is 0 Å². The first kappa shape index (κ1) is 12.6. The average molecular weight is 279 g/mol. The Balaban J connectivity index is 1.99. The van der Waals surface area contributed by atoms with Crippen molar-refractivity contribution in [2.45, 2.75) is 19.3 Å². The third kappa shape index (κ3) is 2.37. The zero-order chi connectivity index (χ0) is 13.4. The van der Waals surface area contributed by atoms with E-state index < -0.39 is 11.9 Å². The molecule has 0 saturated carbocycles. The Morgan fingerprint density at radius 3 is 2.74 bits per heavy atom. The number of aliphatic hydroxyl groups excluding tert-OH is 1. The van der Waals surface area contributed by atoms with Gasteiger partial charge < -0.3 is 9.84 Å². The number of halogens is 2. The molecule has 2 nitrogen and oxygen atoms in total. The molecule has 4 heteroatoms. The molecule has 0 aromatic heterocycles. The Hall–Kier alpha value is -1.42. The molecule has 98 valence electrons. The minimum absolute atomic E-state index is 0.352. The first-order valence-electron chi connectivity index (χ1n) is 5.97. The quantitative estimate of drug-likeness (QED) is 0.910. The summed E-state index contributed by atoms with van der Waals surface area (Å²) in [6.07, 6.45) is -0.936. The zero-order valence-corrected chi connectivity index (χ0v) is 10.8. The lowest BCUT2D eigenvalue weighted by Gasteiger charge is -2.14. The van der Waals surface area contributed by atoms with Crippen LogP contribution in [0.1, 0.15) is 28.4 Å². The summed E-state index contributed by atoms with van der Waals surface area (Å²) < 4.78 is 18.6. The monoisotopic (exact) mass is 278 g/mol. The van der Waals surface area contributed by atoms with E-state index in [4.69, 9.17) is 16.3 Å². The summed E-state index contributed by atoms with van der Waals surface area (Å²) >= 11 is 6.01. The van der Waals surface area contributed by atoms with E-state index in [2.05, 4.69) is 0 Å². The molecule has 0 spiro atoms. The van der Waals surface area contributed by atoms with Gasteiger partial charge >= 0.3 is 0 Å². The highest BCUT2D eigenvalue weighted by Crippen LogP contribution is 2.31. The first-order valence-corrected chi connectivity index (χ1v) is 6.35. The van der Waals surface area contributed by atoms with Crippen molar-refractivity contribution in [3.63, 3.8) is 0 Å². The molecule has 1 aliphatic heterocycles. The second-order valence-electron chi connectivity index (χ2n) is 4.59. The van der Waals surface area contributed by atoms with E-state index in [9.17, 15) is 9.50 Å². The van der Waals surface area contributed by atoms with Crippen LogP contribution in [0.5, 0.6) is 0 Å². The van der Waals surface area contributed by atoms with Crippen LogP contribution in [0.15, 0.2) is 36.4 Å². The lowest BCUT2D eigenvalue weighted by Crippen LogP contribution is -2.02. The summed E-state index contributed by atoms with van der Waals surface area (Å²) in [4.78, 5) is 0. The molecule has 0 saturated heterocycles. The van der Waals surface area contributed by atoms with Crippen LogP contribution in [0.25, 0.3) is 0 Å². The smallest absolute Gasteiger partial charge is 0.123 e. The number of hydrogen-bond donors (Lipinski definition) is 1. The van der Waals surface area contributed by atoms with Crippen molar-refractivity contribution in [1.29, 1.82) is 0 Å². The van der Waals surface area contributed by atoms with E-state index >= 15 is 0 Å². The summed E-state index contributed by atoms with van der Waals surface area (Å²) in [6.45, 7) is 1.15. The van der Waals surface area contributed by atoms with Gasteiger partial charge in [-0.1, -0.05) is 29.8 Å². The van der Waals surface area contributed by atoms with E-state index in [0.717, 1.165) is 11.1 Å². The van der Waals surface area contributed by atoms with Crippen molar-refractivity contribution in [2.24, 2.45) is 0 Å². The number of ether oxygens (including phenoxy) is 1. The van der Waals surface area contributed by atoms with E-state index in [-0.39, 0.29) is 0 Å². The van der Waals surface area contributed by atoms with E-state index in [1.54, 1.807) is 0 Å². The molecular formula is C15H12ClFO2. The number of hydrogen-bond acceptors (Lipinski definition) is 2. The van der Waals surface area contributed by atoms with Crippen LogP contribution in [-0.4, -0.2) is 5.11 Å². The van der Waals surface area contributed by atoms with E-state index in [1.807, 2.05) is 18.2 Å². The fraction of sp³-hybridized carbons (Fsp3) is 0.200.